The average Bonchev–Trinajstić information content (AvgIpc) is 3.42. The molecule has 1 heterocycles. The number of hydrogen-bond acceptors (Lipinski definition) is 3. The lowest BCUT2D eigenvalue weighted by Crippen LogP contribution is -2.18. The number of halogens is 3. The van der Waals surface area contributed by atoms with Crippen molar-refractivity contribution in [1.29, 1.82) is 0 Å². The molecule has 6 rings (SSSR count). The minimum Gasteiger partial charge on any atom is -0.311 e. The highest BCUT2D eigenvalue weighted by molar-refractivity contribution is 9.11. The Kier molecular flexibility index (Phi) is 7.69. The van der Waals surface area contributed by atoms with E-state index < -0.39 is 0 Å². The normalized spacial score (nSPS) is 14.8. The fraction of sp³-hybridized carbons (Fsp3) is 0.0606. The van der Waals surface area contributed by atoms with Crippen LogP contribution in [0.4, 0.5) is 22.7 Å². The zero-order valence-corrected chi connectivity index (χ0v) is 25.6. The van der Waals surface area contributed by atoms with E-state index in [1.165, 1.54) is 5.56 Å². The quantitative estimate of drug-likeness (QED) is 0.175. The molecule has 0 radical (unpaired) electrons. The molecular formula is C33H24Br3N3. The second kappa shape index (κ2) is 11.5. The summed E-state index contributed by atoms with van der Waals surface area (Å²) in [5.74, 6) is 0. The smallest absolute Gasteiger partial charge is 0.0831 e. The first-order valence-electron chi connectivity index (χ1n) is 12.6. The Morgan fingerprint density at radius 2 is 1.03 bits per heavy atom. The van der Waals surface area contributed by atoms with Gasteiger partial charge in [-0.05, 0) is 96.1 Å². The molecule has 0 N–H and O–H groups in total. The van der Waals surface area contributed by atoms with Crippen LogP contribution in [-0.2, 0) is 0 Å². The van der Waals surface area contributed by atoms with Gasteiger partial charge in [-0.1, -0.05) is 90.3 Å². The zero-order valence-electron chi connectivity index (χ0n) is 20.9. The topological polar surface area (TPSA) is 18.8 Å². The summed E-state index contributed by atoms with van der Waals surface area (Å²) >= 11 is 10.7. The van der Waals surface area contributed by atoms with Crippen LogP contribution in [0.1, 0.15) is 23.6 Å². The SMILES string of the molecule is Brc1ccc(C2=NN(c3ccccc3)C(c3ccc(N(c4ccc(Br)cc4)c4ccc(Br)cc4)cc3)C2)cc1. The lowest BCUT2D eigenvalue weighted by molar-refractivity contribution is 0.709. The molecule has 0 aromatic heterocycles. The van der Waals surface area contributed by atoms with Crippen molar-refractivity contribution in [3.63, 3.8) is 0 Å². The summed E-state index contributed by atoms with van der Waals surface area (Å²) in [6.45, 7) is 0. The number of nitrogens with zero attached hydrogens (tertiary/aromatic N) is 3. The van der Waals surface area contributed by atoms with Gasteiger partial charge in [-0.3, -0.25) is 5.01 Å². The second-order valence-corrected chi connectivity index (χ2v) is 12.1. The number of hydrazone groups is 1. The molecule has 1 aliphatic rings. The van der Waals surface area contributed by atoms with E-state index in [0.29, 0.717) is 0 Å². The molecule has 1 unspecified atom stereocenters. The Labute approximate surface area is 254 Å². The van der Waals surface area contributed by atoms with Crippen LogP contribution >= 0.6 is 47.8 Å². The maximum Gasteiger partial charge on any atom is 0.0831 e. The molecule has 192 valence electrons. The lowest BCUT2D eigenvalue weighted by atomic mass is 9.97. The Morgan fingerprint density at radius 3 is 1.54 bits per heavy atom. The van der Waals surface area contributed by atoms with Crippen LogP contribution in [0.3, 0.4) is 0 Å². The summed E-state index contributed by atoms with van der Waals surface area (Å²) in [7, 11) is 0. The molecule has 0 spiro atoms. The molecule has 3 nitrogen and oxygen atoms in total. The monoisotopic (exact) mass is 699 g/mol. The highest BCUT2D eigenvalue weighted by atomic mass is 79.9. The van der Waals surface area contributed by atoms with E-state index >= 15 is 0 Å². The first-order chi connectivity index (χ1) is 19.0. The van der Waals surface area contributed by atoms with Crippen molar-refractivity contribution in [3.8, 4) is 0 Å². The third-order valence-corrected chi connectivity index (χ3v) is 8.40. The van der Waals surface area contributed by atoms with Gasteiger partial charge in [0.2, 0.25) is 0 Å². The van der Waals surface area contributed by atoms with E-state index in [9.17, 15) is 0 Å². The molecular weight excluding hydrogens is 678 g/mol. The first kappa shape index (κ1) is 26.1. The molecule has 0 saturated carbocycles. The summed E-state index contributed by atoms with van der Waals surface area (Å²) in [5.41, 5.74) is 7.85. The minimum absolute atomic E-state index is 0.105. The zero-order chi connectivity index (χ0) is 26.8. The Balaban J connectivity index is 1.36. The number of hydrogen-bond donors (Lipinski definition) is 0. The van der Waals surface area contributed by atoms with E-state index in [0.717, 1.165) is 53.9 Å². The third kappa shape index (κ3) is 5.74. The molecule has 6 heteroatoms. The molecule has 1 atom stereocenters. The van der Waals surface area contributed by atoms with E-state index in [2.05, 4.69) is 179 Å². The molecule has 1 aliphatic heterocycles. The minimum atomic E-state index is 0.105. The van der Waals surface area contributed by atoms with Crippen LogP contribution in [0.25, 0.3) is 0 Å². The van der Waals surface area contributed by atoms with Crippen molar-refractivity contribution in [2.45, 2.75) is 12.5 Å². The van der Waals surface area contributed by atoms with Crippen molar-refractivity contribution >= 4 is 76.3 Å². The van der Waals surface area contributed by atoms with Gasteiger partial charge < -0.3 is 4.90 Å². The number of para-hydroxylation sites is 1. The predicted molar refractivity (Wildman–Crippen MR) is 173 cm³/mol. The van der Waals surface area contributed by atoms with Gasteiger partial charge in [0.25, 0.3) is 0 Å². The van der Waals surface area contributed by atoms with Crippen LogP contribution in [0.5, 0.6) is 0 Å². The maximum absolute atomic E-state index is 5.10. The average molecular weight is 702 g/mol. The van der Waals surface area contributed by atoms with Gasteiger partial charge in [-0.25, -0.2) is 0 Å². The van der Waals surface area contributed by atoms with E-state index in [1.807, 2.05) is 6.07 Å². The van der Waals surface area contributed by atoms with Crippen LogP contribution in [0.15, 0.2) is 146 Å². The largest absolute Gasteiger partial charge is 0.311 e. The molecule has 5 aromatic rings. The predicted octanol–water partition coefficient (Wildman–Crippen LogP) is 10.8. The van der Waals surface area contributed by atoms with Crippen molar-refractivity contribution in [2.75, 3.05) is 9.91 Å². The molecule has 0 amide bonds. The fourth-order valence-corrected chi connectivity index (χ4v) is 5.67. The summed E-state index contributed by atoms with van der Waals surface area (Å²) < 4.78 is 3.18. The number of benzene rings is 5. The van der Waals surface area contributed by atoms with Gasteiger partial charge >= 0.3 is 0 Å². The van der Waals surface area contributed by atoms with Gasteiger partial charge in [0.15, 0.2) is 0 Å². The summed E-state index contributed by atoms with van der Waals surface area (Å²) in [6, 6.07) is 44.7. The van der Waals surface area contributed by atoms with Gasteiger partial charge in [-0.2, -0.15) is 5.10 Å². The van der Waals surface area contributed by atoms with Gasteiger partial charge in [0.1, 0.15) is 0 Å². The number of rotatable bonds is 6. The highest BCUT2D eigenvalue weighted by Gasteiger charge is 2.30. The summed E-state index contributed by atoms with van der Waals surface area (Å²) in [5, 5.41) is 7.26. The van der Waals surface area contributed by atoms with Crippen LogP contribution < -0.4 is 9.91 Å². The van der Waals surface area contributed by atoms with Crippen LogP contribution in [-0.4, -0.2) is 5.71 Å². The first-order valence-corrected chi connectivity index (χ1v) is 15.0. The highest BCUT2D eigenvalue weighted by Crippen LogP contribution is 2.40. The van der Waals surface area contributed by atoms with E-state index in [-0.39, 0.29) is 6.04 Å². The molecule has 0 saturated heterocycles. The van der Waals surface area contributed by atoms with Crippen molar-refractivity contribution in [3.05, 3.63) is 152 Å². The summed E-state index contributed by atoms with van der Waals surface area (Å²) in [6.07, 6.45) is 0.832. The Bertz CT molecular complexity index is 1540. The Hall–Kier alpha value is -3.19. The van der Waals surface area contributed by atoms with Gasteiger partial charge in [0, 0.05) is 36.9 Å². The van der Waals surface area contributed by atoms with Crippen LogP contribution in [0.2, 0.25) is 0 Å². The molecule has 0 fully saturated rings. The third-order valence-electron chi connectivity index (χ3n) is 6.81. The van der Waals surface area contributed by atoms with Gasteiger partial charge in [0.05, 0.1) is 17.4 Å². The molecule has 0 bridgehead atoms. The standard InChI is InChI=1S/C33H24Br3N3/c34-25-10-6-23(7-11-25)32-22-33(39(37-32)31-4-2-1-3-5-31)24-8-16-28(17-9-24)38(29-18-12-26(35)13-19-29)30-20-14-27(36)15-21-30/h1-21,33H,22H2. The van der Waals surface area contributed by atoms with Crippen molar-refractivity contribution in [2.24, 2.45) is 5.10 Å². The van der Waals surface area contributed by atoms with E-state index in [1.54, 1.807) is 0 Å². The second-order valence-electron chi connectivity index (χ2n) is 9.33. The Morgan fingerprint density at radius 1 is 0.564 bits per heavy atom. The molecule has 5 aromatic carbocycles. The number of anilines is 4. The maximum atomic E-state index is 5.10. The van der Waals surface area contributed by atoms with Gasteiger partial charge in [-0.15, -0.1) is 0 Å². The van der Waals surface area contributed by atoms with E-state index in [4.69, 9.17) is 5.10 Å². The summed E-state index contributed by atoms with van der Waals surface area (Å²) in [4.78, 5) is 2.27. The molecule has 39 heavy (non-hydrogen) atoms. The van der Waals surface area contributed by atoms with Crippen LogP contribution in [0, 0.1) is 0 Å². The molecule has 0 aliphatic carbocycles. The fourth-order valence-electron chi connectivity index (χ4n) is 4.88. The van der Waals surface area contributed by atoms with Crippen molar-refractivity contribution < 1.29 is 0 Å². The van der Waals surface area contributed by atoms with Crippen molar-refractivity contribution in [1.82, 2.24) is 0 Å². The lowest BCUT2D eigenvalue weighted by Gasteiger charge is -2.27.